The Hall–Kier alpha value is -2.96. The normalized spacial score (nSPS) is 10.0. The van der Waals surface area contributed by atoms with E-state index in [9.17, 15) is 9.59 Å². The van der Waals surface area contributed by atoms with Crippen molar-refractivity contribution in [1.29, 1.82) is 0 Å². The first-order valence-electron chi connectivity index (χ1n) is 6.18. The lowest BCUT2D eigenvalue weighted by atomic mass is 10.2. The van der Waals surface area contributed by atoms with Crippen LogP contribution in [-0.2, 0) is 11.8 Å². The molecule has 0 fully saturated rings. The smallest absolute Gasteiger partial charge is 0.411 e. The number of nitrogens with one attached hydrogen (secondary N) is 2. The SMILES string of the molecule is COC(=O)Nc1cccc(NC(=O)c2cc(N)cn2C)c1. The van der Waals surface area contributed by atoms with Gasteiger partial charge in [0.1, 0.15) is 5.69 Å². The van der Waals surface area contributed by atoms with Crippen molar-refractivity contribution in [2.45, 2.75) is 0 Å². The van der Waals surface area contributed by atoms with Crippen LogP contribution in [0.4, 0.5) is 21.9 Å². The van der Waals surface area contributed by atoms with Crippen molar-refractivity contribution in [1.82, 2.24) is 4.57 Å². The molecular weight excluding hydrogens is 272 g/mol. The summed E-state index contributed by atoms with van der Waals surface area (Å²) >= 11 is 0. The monoisotopic (exact) mass is 288 g/mol. The Bertz CT molecular complexity index is 679. The Balaban J connectivity index is 2.12. The maximum absolute atomic E-state index is 12.1. The van der Waals surface area contributed by atoms with Gasteiger partial charge in [0.2, 0.25) is 0 Å². The Labute approximate surface area is 121 Å². The molecule has 0 bridgehead atoms. The third kappa shape index (κ3) is 3.53. The molecule has 1 aromatic heterocycles. The molecule has 21 heavy (non-hydrogen) atoms. The van der Waals surface area contributed by atoms with Crippen molar-refractivity contribution in [3.63, 3.8) is 0 Å². The predicted octanol–water partition coefficient (Wildman–Crippen LogP) is 2.04. The number of aromatic nitrogens is 1. The molecule has 0 saturated carbocycles. The molecule has 0 atom stereocenters. The zero-order chi connectivity index (χ0) is 15.4. The van der Waals surface area contributed by atoms with Gasteiger partial charge < -0.3 is 20.4 Å². The van der Waals surface area contributed by atoms with Crippen LogP contribution >= 0.6 is 0 Å². The van der Waals surface area contributed by atoms with Crippen LogP contribution in [-0.4, -0.2) is 23.7 Å². The minimum atomic E-state index is -0.575. The Morgan fingerprint density at radius 2 is 1.86 bits per heavy atom. The molecule has 0 aliphatic rings. The third-order valence-electron chi connectivity index (χ3n) is 2.81. The van der Waals surface area contributed by atoms with Crippen LogP contribution in [0.15, 0.2) is 36.5 Å². The lowest BCUT2D eigenvalue weighted by Crippen LogP contribution is -2.16. The zero-order valence-corrected chi connectivity index (χ0v) is 11.7. The summed E-state index contributed by atoms with van der Waals surface area (Å²) in [6, 6.07) is 8.33. The van der Waals surface area contributed by atoms with Crippen LogP contribution in [0.25, 0.3) is 0 Å². The molecule has 0 aliphatic heterocycles. The van der Waals surface area contributed by atoms with E-state index in [1.807, 2.05) is 0 Å². The maximum atomic E-state index is 12.1. The number of carbonyl (C=O) groups excluding carboxylic acids is 2. The number of methoxy groups -OCH3 is 1. The van der Waals surface area contributed by atoms with Gasteiger partial charge in [-0.1, -0.05) is 6.07 Å². The number of nitrogens with two attached hydrogens (primary N) is 1. The maximum Gasteiger partial charge on any atom is 0.411 e. The van der Waals surface area contributed by atoms with Gasteiger partial charge in [0.05, 0.1) is 12.8 Å². The van der Waals surface area contributed by atoms with E-state index in [2.05, 4.69) is 15.4 Å². The summed E-state index contributed by atoms with van der Waals surface area (Å²) in [7, 11) is 3.02. The molecule has 0 aliphatic carbocycles. The van der Waals surface area contributed by atoms with Crippen LogP contribution in [0.5, 0.6) is 0 Å². The number of amides is 2. The lowest BCUT2D eigenvalue weighted by Gasteiger charge is -2.08. The van der Waals surface area contributed by atoms with Crippen molar-refractivity contribution >= 4 is 29.1 Å². The highest BCUT2D eigenvalue weighted by Gasteiger charge is 2.11. The molecule has 4 N–H and O–H groups in total. The molecular formula is C14H16N4O3. The second kappa shape index (κ2) is 6.00. The van der Waals surface area contributed by atoms with E-state index >= 15 is 0 Å². The van der Waals surface area contributed by atoms with Crippen LogP contribution in [0.2, 0.25) is 0 Å². The molecule has 2 amide bonds. The lowest BCUT2D eigenvalue weighted by molar-refractivity contribution is 0.101. The number of benzene rings is 1. The van der Waals surface area contributed by atoms with Gasteiger partial charge in [-0.05, 0) is 24.3 Å². The summed E-state index contributed by atoms with van der Waals surface area (Å²) < 4.78 is 6.15. The number of nitrogens with zero attached hydrogens (tertiary/aromatic N) is 1. The summed E-state index contributed by atoms with van der Waals surface area (Å²) in [6.07, 6.45) is 1.08. The summed E-state index contributed by atoms with van der Waals surface area (Å²) in [6.45, 7) is 0. The van der Waals surface area contributed by atoms with Crippen molar-refractivity contribution < 1.29 is 14.3 Å². The number of hydrogen-bond donors (Lipinski definition) is 3. The van der Waals surface area contributed by atoms with Crippen molar-refractivity contribution in [2.24, 2.45) is 7.05 Å². The molecule has 110 valence electrons. The molecule has 0 radical (unpaired) electrons. The number of aryl methyl sites for hydroxylation is 1. The molecule has 0 spiro atoms. The Morgan fingerprint density at radius 3 is 2.43 bits per heavy atom. The average Bonchev–Trinajstić information content (AvgIpc) is 2.78. The van der Waals surface area contributed by atoms with Crippen LogP contribution in [0.1, 0.15) is 10.5 Å². The van der Waals surface area contributed by atoms with Gasteiger partial charge in [-0.15, -0.1) is 0 Å². The van der Waals surface area contributed by atoms with Gasteiger partial charge >= 0.3 is 6.09 Å². The predicted molar refractivity (Wildman–Crippen MR) is 80.2 cm³/mol. The first kappa shape index (κ1) is 14.4. The molecule has 1 heterocycles. The molecule has 2 rings (SSSR count). The van der Waals surface area contributed by atoms with Gasteiger partial charge in [-0.2, -0.15) is 0 Å². The van der Waals surface area contributed by atoms with Gasteiger partial charge in [-0.3, -0.25) is 10.1 Å². The second-order valence-electron chi connectivity index (χ2n) is 4.42. The Morgan fingerprint density at radius 1 is 1.19 bits per heavy atom. The average molecular weight is 288 g/mol. The number of anilines is 3. The highest BCUT2D eigenvalue weighted by Crippen LogP contribution is 2.17. The fraction of sp³-hybridized carbons (Fsp3) is 0.143. The zero-order valence-electron chi connectivity index (χ0n) is 11.7. The third-order valence-corrected chi connectivity index (χ3v) is 2.81. The van der Waals surface area contributed by atoms with E-state index in [0.717, 1.165) is 0 Å². The number of hydrogen-bond acceptors (Lipinski definition) is 4. The van der Waals surface area contributed by atoms with E-state index < -0.39 is 6.09 Å². The molecule has 7 heteroatoms. The van der Waals surface area contributed by atoms with Gasteiger partial charge in [0.25, 0.3) is 5.91 Å². The topological polar surface area (TPSA) is 98.4 Å². The minimum absolute atomic E-state index is 0.288. The quantitative estimate of drug-likeness (QED) is 0.804. The summed E-state index contributed by atoms with van der Waals surface area (Å²) in [5.74, 6) is -0.288. The van der Waals surface area contributed by atoms with Crippen LogP contribution < -0.4 is 16.4 Å². The van der Waals surface area contributed by atoms with Crippen molar-refractivity contribution in [3.05, 3.63) is 42.2 Å². The van der Waals surface area contributed by atoms with Crippen molar-refractivity contribution in [3.8, 4) is 0 Å². The fourth-order valence-electron chi connectivity index (χ4n) is 1.85. The van der Waals surface area contributed by atoms with Crippen LogP contribution in [0.3, 0.4) is 0 Å². The fourth-order valence-corrected chi connectivity index (χ4v) is 1.85. The highest BCUT2D eigenvalue weighted by atomic mass is 16.5. The first-order valence-corrected chi connectivity index (χ1v) is 6.18. The molecule has 2 aromatic rings. The summed E-state index contributed by atoms with van der Waals surface area (Å²) in [5.41, 5.74) is 7.67. The molecule has 7 nitrogen and oxygen atoms in total. The second-order valence-corrected chi connectivity index (χ2v) is 4.42. The number of rotatable bonds is 3. The van der Waals surface area contributed by atoms with E-state index in [0.29, 0.717) is 22.8 Å². The molecule has 0 saturated heterocycles. The number of ether oxygens (including phenoxy) is 1. The van der Waals surface area contributed by atoms with Crippen LogP contribution in [0, 0.1) is 0 Å². The van der Waals surface area contributed by atoms with Gasteiger partial charge in [0.15, 0.2) is 0 Å². The summed E-state index contributed by atoms with van der Waals surface area (Å²) in [5, 5.41) is 5.26. The van der Waals surface area contributed by atoms with Gasteiger partial charge in [0, 0.05) is 24.6 Å². The van der Waals surface area contributed by atoms with E-state index in [1.54, 1.807) is 48.1 Å². The van der Waals surface area contributed by atoms with E-state index in [4.69, 9.17) is 5.73 Å². The summed E-state index contributed by atoms with van der Waals surface area (Å²) in [4.78, 5) is 23.3. The first-order chi connectivity index (χ1) is 9.99. The number of nitrogen functional groups attached to an aromatic ring is 1. The van der Waals surface area contributed by atoms with Gasteiger partial charge in [-0.25, -0.2) is 4.79 Å². The van der Waals surface area contributed by atoms with E-state index in [-0.39, 0.29) is 5.91 Å². The highest BCUT2D eigenvalue weighted by molar-refractivity contribution is 6.04. The number of carbonyl (C=O) groups is 2. The van der Waals surface area contributed by atoms with E-state index in [1.165, 1.54) is 7.11 Å². The minimum Gasteiger partial charge on any atom is -0.453 e. The largest absolute Gasteiger partial charge is 0.453 e. The molecule has 0 unspecified atom stereocenters. The Kier molecular flexibility index (Phi) is 4.13. The molecule has 1 aromatic carbocycles. The van der Waals surface area contributed by atoms with Crippen molar-refractivity contribution in [2.75, 3.05) is 23.5 Å². The standard InChI is InChI=1S/C14H16N4O3/c1-18-8-9(15)6-12(18)13(19)16-10-4-3-5-11(7-10)17-14(20)21-2/h3-8H,15H2,1-2H3,(H,16,19)(H,17,20).